The van der Waals surface area contributed by atoms with Crippen molar-refractivity contribution in [1.29, 1.82) is 0 Å². The zero-order valence-corrected chi connectivity index (χ0v) is 29.0. The molecule has 0 aliphatic heterocycles. The first-order valence-electron chi connectivity index (χ1n) is 14.4. The number of carbonyl (C=O) groups is 3. The Balaban J connectivity index is 1.29. The van der Waals surface area contributed by atoms with Crippen molar-refractivity contribution in [2.24, 2.45) is 0 Å². The van der Waals surface area contributed by atoms with Crippen LogP contribution in [-0.2, 0) is 9.59 Å². The first-order chi connectivity index (χ1) is 23.1. The Morgan fingerprint density at radius 1 is 0.896 bits per heavy atom. The fourth-order valence-electron chi connectivity index (χ4n) is 4.37. The van der Waals surface area contributed by atoms with Gasteiger partial charge in [-0.2, -0.15) is 0 Å². The van der Waals surface area contributed by atoms with Gasteiger partial charge in [-0.15, -0.1) is 23.1 Å². The molecule has 3 amide bonds. The molecule has 1 unspecified atom stereocenters. The second-order valence-electron chi connectivity index (χ2n) is 10.2. The Bertz CT molecular complexity index is 1990. The summed E-state index contributed by atoms with van der Waals surface area (Å²) in [5.41, 5.74) is 1.86. The molecule has 0 aliphatic rings. The summed E-state index contributed by atoms with van der Waals surface area (Å²) in [6.07, 6.45) is 1.70. The lowest BCUT2D eigenvalue weighted by Gasteiger charge is -2.15. The van der Waals surface area contributed by atoms with Crippen molar-refractivity contribution in [3.05, 3.63) is 134 Å². The van der Waals surface area contributed by atoms with Crippen LogP contribution in [0.25, 0.3) is 17.3 Å². The number of halogens is 4. The number of thioether (sulfide) groups is 1. The maximum atomic E-state index is 14.7. The molecule has 5 aromatic rings. The molecule has 13 heteroatoms. The highest BCUT2D eigenvalue weighted by atomic mass is 35.5. The van der Waals surface area contributed by atoms with Gasteiger partial charge < -0.3 is 16.0 Å². The molecule has 4 aromatic carbocycles. The van der Waals surface area contributed by atoms with Crippen molar-refractivity contribution < 1.29 is 18.8 Å². The second kappa shape index (κ2) is 16.3. The minimum Gasteiger partial charge on any atom is -0.321 e. The fraction of sp³-hybridized carbons (Fsp3) is 0.0857. The van der Waals surface area contributed by atoms with E-state index in [1.807, 2.05) is 18.4 Å². The number of hydrogen-bond acceptors (Lipinski definition) is 6. The topological polar surface area (TPSA) is 100 Å². The quantitative estimate of drug-likeness (QED) is 0.0926. The van der Waals surface area contributed by atoms with E-state index in [0.717, 1.165) is 5.56 Å². The second-order valence-corrected chi connectivity index (χ2v) is 13.5. The Morgan fingerprint density at radius 3 is 2.40 bits per heavy atom. The highest BCUT2D eigenvalue weighted by Crippen LogP contribution is 2.32. The number of aromatic nitrogens is 1. The first kappa shape index (κ1) is 35.1. The summed E-state index contributed by atoms with van der Waals surface area (Å²) in [6.45, 7) is 1.90. The number of amides is 3. The Hall–Kier alpha value is -4.19. The van der Waals surface area contributed by atoms with Crippen molar-refractivity contribution >= 4 is 92.5 Å². The van der Waals surface area contributed by atoms with Crippen LogP contribution in [0.15, 0.2) is 107 Å². The summed E-state index contributed by atoms with van der Waals surface area (Å²) in [4.78, 5) is 44.9. The summed E-state index contributed by atoms with van der Waals surface area (Å²) in [6, 6.07) is 24.5. The van der Waals surface area contributed by atoms with Crippen LogP contribution in [0.1, 0.15) is 29.3 Å². The van der Waals surface area contributed by atoms with Crippen molar-refractivity contribution in [2.45, 2.75) is 23.5 Å². The van der Waals surface area contributed by atoms with Crippen LogP contribution in [0.2, 0.25) is 15.1 Å². The van der Waals surface area contributed by atoms with Gasteiger partial charge >= 0.3 is 0 Å². The number of benzene rings is 4. The molecule has 48 heavy (non-hydrogen) atoms. The zero-order chi connectivity index (χ0) is 34.2. The summed E-state index contributed by atoms with van der Waals surface area (Å²) in [7, 11) is 0. The van der Waals surface area contributed by atoms with E-state index < -0.39 is 22.9 Å². The van der Waals surface area contributed by atoms with Crippen molar-refractivity contribution in [3.63, 3.8) is 0 Å². The van der Waals surface area contributed by atoms with Gasteiger partial charge in [0.05, 0.1) is 26.0 Å². The van der Waals surface area contributed by atoms with Crippen LogP contribution < -0.4 is 16.0 Å². The largest absolute Gasteiger partial charge is 0.321 e. The van der Waals surface area contributed by atoms with Gasteiger partial charge in [0.15, 0.2) is 5.13 Å². The molecule has 5 rings (SSSR count). The number of anilines is 2. The molecule has 0 saturated carbocycles. The van der Waals surface area contributed by atoms with Crippen LogP contribution in [0, 0.1) is 5.82 Å². The number of thiazole rings is 1. The molecule has 244 valence electrons. The summed E-state index contributed by atoms with van der Waals surface area (Å²) in [5, 5.41) is 10.9. The molecule has 0 fully saturated rings. The summed E-state index contributed by atoms with van der Waals surface area (Å²) in [5.74, 6) is -2.16. The van der Waals surface area contributed by atoms with Gasteiger partial charge in [-0.1, -0.05) is 78.1 Å². The van der Waals surface area contributed by atoms with Gasteiger partial charge in [0, 0.05) is 32.7 Å². The number of nitrogens with one attached hydrogen (secondary N) is 3. The predicted molar refractivity (Wildman–Crippen MR) is 195 cm³/mol. The van der Waals surface area contributed by atoms with Crippen LogP contribution in [0.4, 0.5) is 15.2 Å². The molecule has 7 nitrogen and oxygen atoms in total. The van der Waals surface area contributed by atoms with E-state index in [1.54, 1.807) is 66.7 Å². The average molecular weight is 740 g/mol. The lowest BCUT2D eigenvalue weighted by atomic mass is 10.1. The monoisotopic (exact) mass is 738 g/mol. The number of carbonyl (C=O) groups excluding carboxylic acids is 3. The summed E-state index contributed by atoms with van der Waals surface area (Å²) < 4.78 is 14.7. The third kappa shape index (κ3) is 9.03. The Labute approximate surface area is 299 Å². The number of nitrogens with zero attached hydrogens (tertiary/aromatic N) is 1. The Kier molecular flexibility index (Phi) is 11.9. The van der Waals surface area contributed by atoms with E-state index in [2.05, 4.69) is 20.9 Å². The van der Waals surface area contributed by atoms with Crippen molar-refractivity contribution in [2.75, 3.05) is 10.6 Å². The standard InChI is InChI=1S/C35H26Cl3FN4O3S2/c1-2-31(34(46)43-35-42-30(19-47-35)21-14-15-26(37)27(38)16-21)48-23-11-6-10-22(17-23)40-33(45)29(18-24-25(36)12-7-13-28(24)39)41-32(44)20-8-4-3-5-9-20/h3-19,31H,2H2,1H3,(H,40,45)(H,41,44)(H,42,43,46)/b29-18+. The van der Waals surface area contributed by atoms with Crippen molar-refractivity contribution in [3.8, 4) is 11.3 Å². The van der Waals surface area contributed by atoms with E-state index in [0.29, 0.717) is 43.4 Å². The van der Waals surface area contributed by atoms with Gasteiger partial charge in [-0.25, -0.2) is 9.37 Å². The fourth-order valence-corrected chi connectivity index (χ4v) is 6.62. The molecule has 1 atom stereocenters. The minimum absolute atomic E-state index is 0.0527. The van der Waals surface area contributed by atoms with Gasteiger partial charge in [-0.3, -0.25) is 14.4 Å². The van der Waals surface area contributed by atoms with E-state index in [9.17, 15) is 18.8 Å². The first-order valence-corrected chi connectivity index (χ1v) is 17.3. The predicted octanol–water partition coefficient (Wildman–Crippen LogP) is 9.83. The van der Waals surface area contributed by atoms with Gasteiger partial charge in [0.1, 0.15) is 11.5 Å². The van der Waals surface area contributed by atoms with E-state index in [-0.39, 0.29) is 22.2 Å². The van der Waals surface area contributed by atoms with Crippen LogP contribution in [0.3, 0.4) is 0 Å². The van der Waals surface area contributed by atoms with Crippen molar-refractivity contribution in [1.82, 2.24) is 10.3 Å². The van der Waals surface area contributed by atoms with Crippen LogP contribution in [-0.4, -0.2) is 28.0 Å². The lowest BCUT2D eigenvalue weighted by Crippen LogP contribution is -2.30. The third-order valence-electron chi connectivity index (χ3n) is 6.80. The van der Waals surface area contributed by atoms with Gasteiger partial charge in [-0.05, 0) is 67.1 Å². The highest BCUT2D eigenvalue weighted by Gasteiger charge is 2.21. The molecule has 0 saturated heterocycles. The molecule has 0 spiro atoms. The highest BCUT2D eigenvalue weighted by molar-refractivity contribution is 8.00. The SMILES string of the molecule is CCC(Sc1cccc(NC(=O)/C(=C\c2c(F)cccc2Cl)NC(=O)c2ccccc2)c1)C(=O)Nc1nc(-c2ccc(Cl)c(Cl)c2)cs1. The van der Waals surface area contributed by atoms with Crippen LogP contribution in [0.5, 0.6) is 0 Å². The van der Waals surface area contributed by atoms with E-state index in [4.69, 9.17) is 34.8 Å². The Morgan fingerprint density at radius 2 is 1.67 bits per heavy atom. The smallest absolute Gasteiger partial charge is 0.272 e. The molecule has 0 aliphatic carbocycles. The van der Waals surface area contributed by atoms with E-state index >= 15 is 0 Å². The maximum Gasteiger partial charge on any atom is 0.272 e. The third-order valence-corrected chi connectivity index (χ3v) is 9.98. The molecule has 1 heterocycles. The molecule has 0 radical (unpaired) electrons. The molecular formula is C35H26Cl3FN4O3S2. The number of hydrogen-bond donors (Lipinski definition) is 3. The zero-order valence-electron chi connectivity index (χ0n) is 25.1. The van der Waals surface area contributed by atoms with Gasteiger partial charge in [0.2, 0.25) is 5.91 Å². The number of rotatable bonds is 11. The van der Waals surface area contributed by atoms with Crippen LogP contribution >= 0.6 is 57.9 Å². The minimum atomic E-state index is -0.702. The average Bonchev–Trinajstić information content (AvgIpc) is 3.54. The normalized spacial score (nSPS) is 11.9. The lowest BCUT2D eigenvalue weighted by molar-refractivity contribution is -0.116. The molecule has 1 aromatic heterocycles. The van der Waals surface area contributed by atoms with Gasteiger partial charge in [0.25, 0.3) is 11.8 Å². The maximum absolute atomic E-state index is 14.7. The molecule has 3 N–H and O–H groups in total. The summed E-state index contributed by atoms with van der Waals surface area (Å²) >= 11 is 21.0. The molecular weight excluding hydrogens is 714 g/mol. The van der Waals surface area contributed by atoms with E-state index in [1.165, 1.54) is 47.4 Å². The molecule has 0 bridgehead atoms.